The zero-order valence-electron chi connectivity index (χ0n) is 7.85. The Kier molecular flexibility index (Phi) is 3.37. The van der Waals surface area contributed by atoms with Crippen LogP contribution in [-0.4, -0.2) is 6.21 Å². The molecule has 0 aliphatic rings. The van der Waals surface area contributed by atoms with Gasteiger partial charge in [-0.2, -0.15) is 5.10 Å². The summed E-state index contributed by atoms with van der Waals surface area (Å²) in [6, 6.07) is 11.4. The van der Waals surface area contributed by atoms with Gasteiger partial charge in [-0.1, -0.05) is 23.7 Å². The maximum Gasteiger partial charge on any atom is 0.0644 e. The van der Waals surface area contributed by atoms with Crippen LogP contribution in [0.15, 0.2) is 46.9 Å². The van der Waals surface area contributed by atoms with Crippen molar-refractivity contribution in [1.29, 1.82) is 0 Å². The number of hydrogen-bond acceptors (Lipinski definition) is 3. The lowest BCUT2D eigenvalue weighted by atomic mass is 10.3. The number of nitrogens with one attached hydrogen (secondary N) is 1. The number of anilines is 1. The van der Waals surface area contributed by atoms with Crippen molar-refractivity contribution in [2.45, 2.75) is 0 Å². The van der Waals surface area contributed by atoms with Crippen molar-refractivity contribution in [3.8, 4) is 0 Å². The van der Waals surface area contributed by atoms with Gasteiger partial charge in [0, 0.05) is 9.90 Å². The SMILES string of the molecule is Clc1cccc(N/N=C\c2cccs2)c1. The zero-order chi connectivity index (χ0) is 10.5. The minimum atomic E-state index is 0.700. The van der Waals surface area contributed by atoms with Gasteiger partial charge in [0.1, 0.15) is 0 Å². The van der Waals surface area contributed by atoms with E-state index >= 15 is 0 Å². The molecule has 1 aromatic carbocycles. The molecule has 2 rings (SSSR count). The highest BCUT2D eigenvalue weighted by molar-refractivity contribution is 7.11. The molecule has 1 aromatic heterocycles. The van der Waals surface area contributed by atoms with Crippen LogP contribution in [0.2, 0.25) is 5.02 Å². The van der Waals surface area contributed by atoms with Gasteiger partial charge in [0.15, 0.2) is 0 Å². The quantitative estimate of drug-likeness (QED) is 0.635. The molecule has 0 aliphatic heterocycles. The number of hydrazone groups is 1. The molecular weight excluding hydrogens is 228 g/mol. The van der Waals surface area contributed by atoms with E-state index in [1.54, 1.807) is 17.6 Å². The monoisotopic (exact) mass is 236 g/mol. The van der Waals surface area contributed by atoms with E-state index in [4.69, 9.17) is 11.6 Å². The molecule has 4 heteroatoms. The maximum absolute atomic E-state index is 5.83. The summed E-state index contributed by atoms with van der Waals surface area (Å²) in [4.78, 5) is 1.12. The third kappa shape index (κ3) is 3.08. The molecule has 2 nitrogen and oxygen atoms in total. The van der Waals surface area contributed by atoms with E-state index < -0.39 is 0 Å². The minimum Gasteiger partial charge on any atom is -0.278 e. The van der Waals surface area contributed by atoms with Crippen molar-refractivity contribution in [3.63, 3.8) is 0 Å². The van der Waals surface area contributed by atoms with Gasteiger partial charge in [-0.3, -0.25) is 5.43 Å². The minimum absolute atomic E-state index is 0.700. The normalized spacial score (nSPS) is 10.7. The highest BCUT2D eigenvalue weighted by atomic mass is 35.5. The van der Waals surface area contributed by atoms with Crippen LogP contribution in [0.25, 0.3) is 0 Å². The summed E-state index contributed by atoms with van der Waals surface area (Å²) in [6.45, 7) is 0. The Balaban J connectivity index is 1.99. The molecule has 0 amide bonds. The second-order valence-corrected chi connectivity index (χ2v) is 4.31. The van der Waals surface area contributed by atoms with Gasteiger partial charge in [-0.05, 0) is 29.6 Å². The van der Waals surface area contributed by atoms with Crippen LogP contribution in [-0.2, 0) is 0 Å². The Morgan fingerprint density at radius 3 is 2.93 bits per heavy atom. The Morgan fingerprint density at radius 1 is 1.27 bits per heavy atom. The molecule has 0 unspecified atom stereocenters. The summed E-state index contributed by atoms with van der Waals surface area (Å²) in [5, 5.41) is 6.82. The van der Waals surface area contributed by atoms with E-state index in [0.717, 1.165) is 10.6 Å². The molecule has 0 aliphatic carbocycles. The van der Waals surface area contributed by atoms with Crippen LogP contribution in [0.4, 0.5) is 5.69 Å². The van der Waals surface area contributed by atoms with E-state index in [1.807, 2.05) is 41.8 Å². The number of hydrogen-bond donors (Lipinski definition) is 1. The van der Waals surface area contributed by atoms with E-state index in [2.05, 4.69) is 10.5 Å². The number of nitrogens with zero attached hydrogens (tertiary/aromatic N) is 1. The summed E-state index contributed by atoms with van der Waals surface area (Å²) < 4.78 is 0. The molecule has 0 saturated carbocycles. The van der Waals surface area contributed by atoms with Crippen LogP contribution >= 0.6 is 22.9 Å². The first kappa shape index (κ1) is 10.2. The first-order chi connectivity index (χ1) is 7.34. The summed E-state index contributed by atoms with van der Waals surface area (Å²) in [7, 11) is 0. The molecule has 0 spiro atoms. The number of thiophene rings is 1. The van der Waals surface area contributed by atoms with E-state index in [1.165, 1.54) is 0 Å². The van der Waals surface area contributed by atoms with Crippen molar-refractivity contribution in [1.82, 2.24) is 0 Å². The van der Waals surface area contributed by atoms with Gasteiger partial charge in [-0.15, -0.1) is 11.3 Å². The molecule has 0 fully saturated rings. The van der Waals surface area contributed by atoms with Gasteiger partial charge in [-0.25, -0.2) is 0 Å². The lowest BCUT2D eigenvalue weighted by Crippen LogP contribution is -1.88. The first-order valence-electron chi connectivity index (χ1n) is 4.43. The molecule has 1 heterocycles. The Morgan fingerprint density at radius 2 is 2.20 bits per heavy atom. The van der Waals surface area contributed by atoms with Crippen molar-refractivity contribution < 1.29 is 0 Å². The van der Waals surface area contributed by atoms with E-state index in [-0.39, 0.29) is 0 Å². The third-order valence-corrected chi connectivity index (χ3v) is 2.80. The fourth-order valence-corrected chi connectivity index (χ4v) is 1.87. The van der Waals surface area contributed by atoms with Gasteiger partial charge >= 0.3 is 0 Å². The second-order valence-electron chi connectivity index (χ2n) is 2.90. The smallest absolute Gasteiger partial charge is 0.0644 e. The molecule has 76 valence electrons. The summed E-state index contributed by atoms with van der Waals surface area (Å²) in [5.74, 6) is 0. The average Bonchev–Trinajstić information content (AvgIpc) is 2.71. The van der Waals surface area contributed by atoms with E-state index in [0.29, 0.717) is 5.02 Å². The highest BCUT2D eigenvalue weighted by Gasteiger charge is 1.90. The number of rotatable bonds is 3. The molecule has 0 bridgehead atoms. The predicted octanol–water partition coefficient (Wildman–Crippen LogP) is 3.85. The topological polar surface area (TPSA) is 24.4 Å². The fourth-order valence-electron chi connectivity index (χ4n) is 1.09. The lowest BCUT2D eigenvalue weighted by molar-refractivity contribution is 1.35. The standard InChI is InChI=1S/C11H9ClN2S/c12-9-3-1-4-10(7-9)14-13-8-11-5-2-6-15-11/h1-8,14H/b13-8-. The number of benzene rings is 1. The largest absolute Gasteiger partial charge is 0.278 e. The lowest BCUT2D eigenvalue weighted by Gasteiger charge is -1.98. The van der Waals surface area contributed by atoms with Gasteiger partial charge in [0.25, 0.3) is 0 Å². The second kappa shape index (κ2) is 4.96. The molecule has 15 heavy (non-hydrogen) atoms. The van der Waals surface area contributed by atoms with Crippen LogP contribution in [0.3, 0.4) is 0 Å². The molecule has 0 radical (unpaired) electrons. The van der Waals surface area contributed by atoms with Gasteiger partial charge in [0.05, 0.1) is 11.9 Å². The number of halogens is 1. The summed E-state index contributed by atoms with van der Waals surface area (Å²) in [6.07, 6.45) is 1.78. The molecule has 2 aromatic rings. The van der Waals surface area contributed by atoms with Crippen molar-refractivity contribution in [2.24, 2.45) is 5.10 Å². The van der Waals surface area contributed by atoms with E-state index in [9.17, 15) is 0 Å². The average molecular weight is 237 g/mol. The van der Waals surface area contributed by atoms with Gasteiger partial charge < -0.3 is 0 Å². The van der Waals surface area contributed by atoms with Crippen LogP contribution in [0, 0.1) is 0 Å². The maximum atomic E-state index is 5.83. The van der Waals surface area contributed by atoms with Crippen LogP contribution in [0.1, 0.15) is 4.88 Å². The molecule has 0 saturated heterocycles. The Hall–Kier alpha value is -1.32. The first-order valence-corrected chi connectivity index (χ1v) is 5.68. The molecule has 1 N–H and O–H groups in total. The van der Waals surface area contributed by atoms with Crippen molar-refractivity contribution >= 4 is 34.8 Å². The molecule has 0 atom stereocenters. The molecular formula is C11H9ClN2S. The van der Waals surface area contributed by atoms with Crippen molar-refractivity contribution in [2.75, 3.05) is 5.43 Å². The third-order valence-electron chi connectivity index (χ3n) is 1.75. The summed E-state index contributed by atoms with van der Waals surface area (Å²) in [5.41, 5.74) is 3.80. The van der Waals surface area contributed by atoms with Crippen LogP contribution < -0.4 is 5.43 Å². The Labute approximate surface area is 97.2 Å². The highest BCUT2D eigenvalue weighted by Crippen LogP contribution is 2.14. The Bertz CT molecular complexity index is 451. The van der Waals surface area contributed by atoms with Gasteiger partial charge in [0.2, 0.25) is 0 Å². The zero-order valence-corrected chi connectivity index (χ0v) is 9.42. The van der Waals surface area contributed by atoms with Crippen LogP contribution in [0.5, 0.6) is 0 Å². The van der Waals surface area contributed by atoms with Crippen molar-refractivity contribution in [3.05, 3.63) is 51.7 Å². The summed E-state index contributed by atoms with van der Waals surface area (Å²) >= 11 is 7.48. The fraction of sp³-hybridized carbons (Fsp3) is 0. The predicted molar refractivity (Wildman–Crippen MR) is 67.0 cm³/mol.